The molecule has 3 rings (SSSR count). The van der Waals surface area contributed by atoms with Crippen molar-refractivity contribution >= 4 is 29.9 Å². The number of rotatable bonds is 6. The normalized spacial score (nSPS) is 14.6. The molecule has 0 saturated carbocycles. The molecule has 0 aromatic heterocycles. The molecule has 138 valence electrons. The summed E-state index contributed by atoms with van der Waals surface area (Å²) < 4.78 is 0. The fraction of sp³-hybridized carbons (Fsp3) is 0.300. The average Bonchev–Trinajstić information content (AvgIpc) is 3.02. The van der Waals surface area contributed by atoms with Gasteiger partial charge in [0.15, 0.2) is 0 Å². The van der Waals surface area contributed by atoms with Gasteiger partial charge in [0.05, 0.1) is 12.5 Å². The summed E-state index contributed by atoms with van der Waals surface area (Å²) in [5.74, 6) is 0.0963. The number of anilines is 1. The molecule has 0 spiro atoms. The van der Waals surface area contributed by atoms with Gasteiger partial charge in [-0.1, -0.05) is 42.5 Å². The third-order valence-electron chi connectivity index (χ3n) is 4.46. The lowest BCUT2D eigenvalue weighted by molar-refractivity contribution is -0.129. The lowest BCUT2D eigenvalue weighted by atomic mass is 10.1. The lowest BCUT2D eigenvalue weighted by Crippen LogP contribution is -2.39. The van der Waals surface area contributed by atoms with E-state index in [0.717, 1.165) is 24.1 Å². The molecule has 2 amide bonds. The van der Waals surface area contributed by atoms with Gasteiger partial charge < -0.3 is 16.0 Å². The molecule has 2 aromatic carbocycles. The number of halogens is 1. The van der Waals surface area contributed by atoms with Crippen molar-refractivity contribution in [3.63, 3.8) is 0 Å². The number of carbonyl (C=O) groups is 2. The van der Waals surface area contributed by atoms with Crippen LogP contribution in [-0.4, -0.2) is 29.8 Å². The molecule has 0 aliphatic carbocycles. The quantitative estimate of drug-likeness (QED) is 0.764. The van der Waals surface area contributed by atoms with Crippen molar-refractivity contribution < 1.29 is 9.59 Å². The highest BCUT2D eigenvalue weighted by molar-refractivity contribution is 5.85. The summed E-state index contributed by atoms with van der Waals surface area (Å²) in [4.78, 5) is 26.3. The van der Waals surface area contributed by atoms with Crippen molar-refractivity contribution in [3.8, 4) is 0 Å². The number of nitrogens with two attached hydrogens (primary N) is 1. The minimum Gasteiger partial charge on any atom is -0.399 e. The van der Waals surface area contributed by atoms with E-state index in [1.54, 1.807) is 12.1 Å². The largest absolute Gasteiger partial charge is 0.399 e. The summed E-state index contributed by atoms with van der Waals surface area (Å²) in [6.45, 7) is 1.27. The van der Waals surface area contributed by atoms with Gasteiger partial charge in [-0.05, 0) is 29.7 Å². The maximum Gasteiger partial charge on any atom is 0.224 e. The summed E-state index contributed by atoms with van der Waals surface area (Å²) >= 11 is 0. The smallest absolute Gasteiger partial charge is 0.224 e. The van der Waals surface area contributed by atoms with Crippen molar-refractivity contribution in [2.45, 2.75) is 25.3 Å². The second kappa shape index (κ2) is 9.25. The first-order valence-corrected chi connectivity index (χ1v) is 8.58. The Morgan fingerprint density at radius 2 is 1.81 bits per heavy atom. The van der Waals surface area contributed by atoms with Crippen molar-refractivity contribution in [2.24, 2.45) is 0 Å². The predicted molar refractivity (Wildman–Crippen MR) is 105 cm³/mol. The van der Waals surface area contributed by atoms with Crippen LogP contribution in [0.2, 0.25) is 0 Å². The van der Waals surface area contributed by atoms with Gasteiger partial charge in [0, 0.05) is 25.2 Å². The Morgan fingerprint density at radius 1 is 1.12 bits per heavy atom. The molecule has 1 saturated heterocycles. The van der Waals surface area contributed by atoms with Crippen molar-refractivity contribution in [1.29, 1.82) is 0 Å². The van der Waals surface area contributed by atoms with E-state index in [4.69, 9.17) is 5.73 Å². The number of nitrogens with one attached hydrogen (secondary N) is 1. The van der Waals surface area contributed by atoms with Gasteiger partial charge >= 0.3 is 0 Å². The van der Waals surface area contributed by atoms with Gasteiger partial charge in [0.25, 0.3) is 0 Å². The number of carbonyl (C=O) groups excluding carboxylic acids is 2. The minimum atomic E-state index is -0.204. The molecule has 1 fully saturated rings. The SMILES string of the molecule is Cl.Nc1ccc(CC(=O)NC(CN2CCCC2=O)c2ccccc2)cc1. The highest BCUT2D eigenvalue weighted by atomic mass is 35.5. The molecule has 5 nitrogen and oxygen atoms in total. The Hall–Kier alpha value is -2.53. The summed E-state index contributed by atoms with van der Waals surface area (Å²) in [5, 5.41) is 3.08. The van der Waals surface area contributed by atoms with Crippen LogP contribution in [0.25, 0.3) is 0 Å². The fourth-order valence-electron chi connectivity index (χ4n) is 3.10. The Morgan fingerprint density at radius 3 is 2.42 bits per heavy atom. The van der Waals surface area contributed by atoms with Gasteiger partial charge in [0.1, 0.15) is 0 Å². The van der Waals surface area contributed by atoms with E-state index in [1.807, 2.05) is 47.4 Å². The number of amides is 2. The second-order valence-corrected chi connectivity index (χ2v) is 6.39. The highest BCUT2D eigenvalue weighted by Gasteiger charge is 2.25. The zero-order valence-corrected chi connectivity index (χ0v) is 15.4. The molecule has 26 heavy (non-hydrogen) atoms. The summed E-state index contributed by atoms with van der Waals surface area (Å²) in [5.41, 5.74) is 8.28. The number of nitrogens with zero attached hydrogens (tertiary/aromatic N) is 1. The molecule has 0 bridgehead atoms. The van der Waals surface area contributed by atoms with Crippen LogP contribution in [0.3, 0.4) is 0 Å². The van der Waals surface area contributed by atoms with Crippen LogP contribution in [0, 0.1) is 0 Å². The third kappa shape index (κ3) is 5.23. The van der Waals surface area contributed by atoms with Crippen molar-refractivity contribution in [2.75, 3.05) is 18.8 Å². The number of nitrogen functional groups attached to an aromatic ring is 1. The van der Waals surface area contributed by atoms with Gasteiger partial charge in [-0.2, -0.15) is 0 Å². The van der Waals surface area contributed by atoms with E-state index in [2.05, 4.69) is 5.32 Å². The Bertz CT molecular complexity index is 734. The summed E-state index contributed by atoms with van der Waals surface area (Å²) in [6.07, 6.45) is 1.78. The molecular formula is C20H24ClN3O2. The molecule has 6 heteroatoms. The van der Waals surface area contributed by atoms with Crippen LogP contribution < -0.4 is 11.1 Å². The van der Waals surface area contributed by atoms with E-state index in [-0.39, 0.29) is 36.7 Å². The number of hydrogen-bond acceptors (Lipinski definition) is 3. The molecule has 1 unspecified atom stereocenters. The monoisotopic (exact) mass is 373 g/mol. The first-order chi connectivity index (χ1) is 12.1. The minimum absolute atomic E-state index is 0. The maximum atomic E-state index is 12.5. The average molecular weight is 374 g/mol. The first kappa shape index (κ1) is 19.8. The molecule has 1 atom stereocenters. The topological polar surface area (TPSA) is 75.4 Å². The van der Waals surface area contributed by atoms with Gasteiger partial charge in [-0.25, -0.2) is 0 Å². The Labute approximate surface area is 160 Å². The van der Waals surface area contributed by atoms with Crippen LogP contribution in [0.15, 0.2) is 54.6 Å². The van der Waals surface area contributed by atoms with E-state index < -0.39 is 0 Å². The molecular weight excluding hydrogens is 350 g/mol. The fourth-order valence-corrected chi connectivity index (χ4v) is 3.10. The first-order valence-electron chi connectivity index (χ1n) is 8.58. The summed E-state index contributed by atoms with van der Waals surface area (Å²) in [7, 11) is 0. The molecule has 2 aromatic rings. The number of hydrogen-bond donors (Lipinski definition) is 2. The number of likely N-dealkylation sites (tertiary alicyclic amines) is 1. The van der Waals surface area contributed by atoms with Crippen LogP contribution in [0.5, 0.6) is 0 Å². The van der Waals surface area contributed by atoms with Crippen LogP contribution in [0.1, 0.15) is 30.0 Å². The zero-order valence-electron chi connectivity index (χ0n) is 14.6. The van der Waals surface area contributed by atoms with Crippen LogP contribution in [-0.2, 0) is 16.0 Å². The summed E-state index contributed by atoms with van der Waals surface area (Å²) in [6, 6.07) is 16.9. The Kier molecular flexibility index (Phi) is 7.04. The lowest BCUT2D eigenvalue weighted by Gasteiger charge is -2.25. The highest BCUT2D eigenvalue weighted by Crippen LogP contribution is 2.19. The molecule has 1 heterocycles. The Balaban J connectivity index is 0.00000243. The van der Waals surface area contributed by atoms with E-state index in [0.29, 0.717) is 18.7 Å². The maximum absolute atomic E-state index is 12.5. The van der Waals surface area contributed by atoms with Gasteiger partial charge in [0.2, 0.25) is 11.8 Å². The van der Waals surface area contributed by atoms with Crippen LogP contribution >= 0.6 is 12.4 Å². The predicted octanol–water partition coefficient (Wildman–Crippen LogP) is 2.71. The number of benzene rings is 2. The van der Waals surface area contributed by atoms with Crippen LogP contribution in [0.4, 0.5) is 5.69 Å². The van der Waals surface area contributed by atoms with Gasteiger partial charge in [-0.3, -0.25) is 9.59 Å². The van der Waals surface area contributed by atoms with E-state index in [9.17, 15) is 9.59 Å². The third-order valence-corrected chi connectivity index (χ3v) is 4.46. The molecule has 0 radical (unpaired) electrons. The standard InChI is InChI=1S/C20H23N3O2.ClH/c21-17-10-8-15(9-11-17)13-19(24)22-18(16-5-2-1-3-6-16)14-23-12-4-7-20(23)25;/h1-3,5-6,8-11,18H,4,7,12-14,21H2,(H,22,24);1H. The van der Waals surface area contributed by atoms with E-state index >= 15 is 0 Å². The molecule has 3 N–H and O–H groups in total. The van der Waals surface area contributed by atoms with Gasteiger partial charge in [-0.15, -0.1) is 12.4 Å². The molecule has 1 aliphatic rings. The van der Waals surface area contributed by atoms with E-state index in [1.165, 1.54) is 0 Å². The second-order valence-electron chi connectivity index (χ2n) is 6.39. The van der Waals surface area contributed by atoms with Crippen molar-refractivity contribution in [3.05, 3.63) is 65.7 Å². The zero-order chi connectivity index (χ0) is 17.6. The van der Waals surface area contributed by atoms with Crippen molar-refractivity contribution in [1.82, 2.24) is 10.2 Å². The molecule has 1 aliphatic heterocycles.